The van der Waals surface area contributed by atoms with Gasteiger partial charge in [-0.05, 0) is 62.4 Å². The van der Waals surface area contributed by atoms with Crippen LogP contribution in [0.2, 0.25) is 0 Å². The van der Waals surface area contributed by atoms with E-state index in [4.69, 9.17) is 0 Å². The third-order valence-electron chi connectivity index (χ3n) is 4.99. The summed E-state index contributed by atoms with van der Waals surface area (Å²) in [5.74, 6) is 0.565. The monoisotopic (exact) mass is 331 g/mol. The van der Waals surface area contributed by atoms with Crippen molar-refractivity contribution in [1.82, 2.24) is 10.6 Å². The minimum absolute atomic E-state index is 0.0545. The molecule has 24 heavy (non-hydrogen) atoms. The van der Waals surface area contributed by atoms with Crippen molar-refractivity contribution in [3.63, 3.8) is 0 Å². The summed E-state index contributed by atoms with van der Waals surface area (Å²) in [6.07, 6.45) is 4.13. The van der Waals surface area contributed by atoms with E-state index < -0.39 is 0 Å². The zero-order chi connectivity index (χ0) is 17.5. The van der Waals surface area contributed by atoms with Crippen LogP contribution in [-0.4, -0.2) is 45.4 Å². The van der Waals surface area contributed by atoms with Crippen molar-refractivity contribution in [2.45, 2.75) is 44.6 Å². The van der Waals surface area contributed by atoms with E-state index in [-0.39, 0.29) is 11.9 Å². The number of anilines is 1. The number of carbonyl (C=O) groups is 2. The lowest BCUT2D eigenvalue weighted by Gasteiger charge is -2.30. The summed E-state index contributed by atoms with van der Waals surface area (Å²) in [5, 5.41) is 6.10. The van der Waals surface area contributed by atoms with E-state index in [9.17, 15) is 9.59 Å². The molecule has 2 rings (SSSR count). The normalized spacial score (nSPS) is 16.5. The number of aryl methyl sites for hydroxylation is 1. The van der Waals surface area contributed by atoms with E-state index in [0.717, 1.165) is 25.1 Å². The number of nitrogens with one attached hydrogen (secondary N) is 2. The van der Waals surface area contributed by atoms with Gasteiger partial charge in [0.1, 0.15) is 12.3 Å². The molecule has 0 aliphatic carbocycles. The predicted octanol–water partition coefficient (Wildman–Crippen LogP) is 1.99. The molecule has 1 aromatic rings. The largest absolute Gasteiger partial charge is 0.362 e. The van der Waals surface area contributed by atoms with Gasteiger partial charge in [-0.1, -0.05) is 12.1 Å². The van der Waals surface area contributed by atoms with Crippen molar-refractivity contribution in [3.8, 4) is 0 Å². The molecule has 1 aliphatic heterocycles. The van der Waals surface area contributed by atoms with Gasteiger partial charge < -0.3 is 20.3 Å². The quantitative estimate of drug-likeness (QED) is 0.750. The number of hydrogen-bond donors (Lipinski definition) is 2. The average molecular weight is 331 g/mol. The van der Waals surface area contributed by atoms with Crippen LogP contribution in [0.25, 0.3) is 0 Å². The van der Waals surface area contributed by atoms with Gasteiger partial charge in [0.15, 0.2) is 0 Å². The third kappa shape index (κ3) is 4.35. The Morgan fingerprint density at radius 2 is 2.12 bits per heavy atom. The second kappa shape index (κ2) is 8.83. The highest BCUT2D eigenvalue weighted by Crippen LogP contribution is 2.30. The molecule has 1 amide bonds. The maximum absolute atomic E-state index is 12.2. The molecule has 132 valence electrons. The molecule has 2 N–H and O–H groups in total. The molecule has 0 radical (unpaired) electrons. The van der Waals surface area contributed by atoms with Gasteiger partial charge in [0.05, 0.1) is 0 Å². The number of likely N-dealkylation sites (N-methyl/N-ethyl adjacent to an activating group) is 2. The molecular weight excluding hydrogens is 302 g/mol. The molecular formula is C19H29N3O2. The van der Waals surface area contributed by atoms with Crippen LogP contribution in [0, 0.1) is 6.92 Å². The third-order valence-corrected chi connectivity index (χ3v) is 4.99. The Morgan fingerprint density at radius 3 is 2.71 bits per heavy atom. The van der Waals surface area contributed by atoms with Gasteiger partial charge in [0.2, 0.25) is 5.91 Å². The lowest BCUT2D eigenvalue weighted by Crippen LogP contribution is -2.44. The highest BCUT2D eigenvalue weighted by atomic mass is 16.2. The van der Waals surface area contributed by atoms with Crippen LogP contribution < -0.4 is 15.5 Å². The van der Waals surface area contributed by atoms with Crippen LogP contribution in [0.1, 0.15) is 42.7 Å². The average Bonchev–Trinajstić information content (AvgIpc) is 2.62. The Bertz CT molecular complexity index is 568. The molecule has 0 bridgehead atoms. The number of nitrogens with zero attached hydrogens (tertiary/aromatic N) is 1. The fourth-order valence-electron chi connectivity index (χ4n) is 3.54. The number of piperidine rings is 1. The zero-order valence-corrected chi connectivity index (χ0v) is 15.0. The van der Waals surface area contributed by atoms with Gasteiger partial charge in [0.25, 0.3) is 0 Å². The molecule has 1 saturated heterocycles. The lowest BCUT2D eigenvalue weighted by atomic mass is 9.89. The van der Waals surface area contributed by atoms with E-state index in [1.54, 1.807) is 7.05 Å². The summed E-state index contributed by atoms with van der Waals surface area (Å²) in [4.78, 5) is 24.9. The first-order chi connectivity index (χ1) is 11.6. The molecule has 0 aromatic heterocycles. The number of benzene rings is 1. The topological polar surface area (TPSA) is 61.4 Å². The summed E-state index contributed by atoms with van der Waals surface area (Å²) in [6.45, 7) is 4.25. The van der Waals surface area contributed by atoms with Gasteiger partial charge in [-0.2, -0.15) is 0 Å². The second-order valence-electron chi connectivity index (χ2n) is 6.56. The molecule has 0 saturated carbocycles. The molecule has 0 spiro atoms. The summed E-state index contributed by atoms with van der Waals surface area (Å²) < 4.78 is 0. The Morgan fingerprint density at radius 1 is 1.42 bits per heavy atom. The first-order valence-corrected chi connectivity index (χ1v) is 8.77. The number of rotatable bonds is 7. The standard InChI is InChI=1S/C19H29N3O2/c1-14-13-16(15-8-10-21-11-9-15)6-7-17(14)22(3)18(5-4-12-23)19(24)20-2/h6-7,12-13,15,18,21H,4-5,8-11H2,1-3H3,(H,20,24). The number of aldehydes is 1. The number of hydrogen-bond acceptors (Lipinski definition) is 4. The highest BCUT2D eigenvalue weighted by molar-refractivity contribution is 5.85. The smallest absolute Gasteiger partial charge is 0.242 e. The SMILES string of the molecule is CNC(=O)C(CCC=O)N(C)c1ccc(C2CCNCC2)cc1C. The van der Waals surface area contributed by atoms with E-state index in [1.165, 1.54) is 24.0 Å². The Balaban J connectivity index is 2.19. The highest BCUT2D eigenvalue weighted by Gasteiger charge is 2.24. The lowest BCUT2D eigenvalue weighted by molar-refractivity contribution is -0.122. The maximum Gasteiger partial charge on any atom is 0.242 e. The maximum atomic E-state index is 12.2. The van der Waals surface area contributed by atoms with Crippen LogP contribution in [0.4, 0.5) is 5.69 Å². The van der Waals surface area contributed by atoms with Crippen LogP contribution in [0.5, 0.6) is 0 Å². The molecule has 1 aromatic carbocycles. The van der Waals surface area contributed by atoms with Crippen LogP contribution in [0.15, 0.2) is 18.2 Å². The van der Waals surface area contributed by atoms with Crippen molar-refractivity contribution in [3.05, 3.63) is 29.3 Å². The number of carbonyl (C=O) groups excluding carboxylic acids is 2. The minimum Gasteiger partial charge on any atom is -0.362 e. The fourth-order valence-corrected chi connectivity index (χ4v) is 3.54. The minimum atomic E-state index is -0.330. The van der Waals surface area contributed by atoms with Gasteiger partial charge in [-0.25, -0.2) is 0 Å². The van der Waals surface area contributed by atoms with Gasteiger partial charge in [0, 0.05) is 26.2 Å². The van der Waals surface area contributed by atoms with E-state index in [1.807, 2.05) is 11.9 Å². The van der Waals surface area contributed by atoms with Crippen molar-refractivity contribution in [1.29, 1.82) is 0 Å². The first-order valence-electron chi connectivity index (χ1n) is 8.77. The molecule has 5 heteroatoms. The summed E-state index contributed by atoms with van der Waals surface area (Å²) in [7, 11) is 3.56. The van der Waals surface area contributed by atoms with E-state index in [0.29, 0.717) is 18.8 Å². The molecule has 1 aliphatic rings. The van der Waals surface area contributed by atoms with Gasteiger partial charge in [-0.3, -0.25) is 4.79 Å². The predicted molar refractivity (Wildman–Crippen MR) is 97.6 cm³/mol. The Kier molecular flexibility index (Phi) is 6.79. The van der Waals surface area contributed by atoms with Crippen molar-refractivity contribution < 1.29 is 9.59 Å². The molecule has 1 unspecified atom stereocenters. The first kappa shape index (κ1) is 18.5. The van der Waals surface area contributed by atoms with Crippen LogP contribution in [-0.2, 0) is 9.59 Å². The molecule has 1 fully saturated rings. The van der Waals surface area contributed by atoms with Crippen LogP contribution >= 0.6 is 0 Å². The Labute approximate surface area is 144 Å². The molecule has 1 heterocycles. The molecule has 5 nitrogen and oxygen atoms in total. The summed E-state index contributed by atoms with van der Waals surface area (Å²) in [5.41, 5.74) is 3.61. The summed E-state index contributed by atoms with van der Waals surface area (Å²) in [6, 6.07) is 6.23. The fraction of sp³-hybridized carbons (Fsp3) is 0.579. The number of amides is 1. The van der Waals surface area contributed by atoms with Crippen LogP contribution in [0.3, 0.4) is 0 Å². The van der Waals surface area contributed by atoms with Gasteiger partial charge >= 0.3 is 0 Å². The van der Waals surface area contributed by atoms with Crippen molar-refractivity contribution in [2.24, 2.45) is 0 Å². The van der Waals surface area contributed by atoms with Crippen molar-refractivity contribution in [2.75, 3.05) is 32.1 Å². The van der Waals surface area contributed by atoms with E-state index >= 15 is 0 Å². The van der Waals surface area contributed by atoms with Crippen molar-refractivity contribution >= 4 is 17.9 Å². The van der Waals surface area contributed by atoms with E-state index in [2.05, 4.69) is 35.8 Å². The second-order valence-corrected chi connectivity index (χ2v) is 6.56. The zero-order valence-electron chi connectivity index (χ0n) is 15.0. The van der Waals surface area contributed by atoms with Gasteiger partial charge in [-0.15, -0.1) is 0 Å². The summed E-state index contributed by atoms with van der Waals surface area (Å²) >= 11 is 0. The Hall–Kier alpha value is -1.88. The molecule has 1 atom stereocenters.